The number of thioether (sulfide) groups is 1. The number of hydrogen-bond donors (Lipinski definition) is 1. The molecule has 0 saturated heterocycles. The highest BCUT2D eigenvalue weighted by atomic mass is 79.9. The molecule has 1 heterocycles. The minimum absolute atomic E-state index is 0.0140. The molecule has 0 amide bonds. The van der Waals surface area contributed by atoms with Crippen LogP contribution in [0.5, 0.6) is 0 Å². The summed E-state index contributed by atoms with van der Waals surface area (Å²) in [5.41, 5.74) is 2.78. The van der Waals surface area contributed by atoms with Crippen LogP contribution in [0.2, 0.25) is 0 Å². The van der Waals surface area contributed by atoms with E-state index in [1.165, 1.54) is 11.8 Å². The molecule has 3 rings (SSSR count). The Hall–Kier alpha value is -1.79. The van der Waals surface area contributed by atoms with Crippen LogP contribution in [0.3, 0.4) is 0 Å². The lowest BCUT2D eigenvalue weighted by atomic mass is 10.3. The Morgan fingerprint density at radius 2 is 1.90 bits per heavy atom. The maximum absolute atomic E-state index is 10.8. The van der Waals surface area contributed by atoms with Crippen molar-refractivity contribution < 1.29 is 9.90 Å². The van der Waals surface area contributed by atoms with Crippen molar-refractivity contribution in [2.24, 2.45) is 0 Å². The summed E-state index contributed by atoms with van der Waals surface area (Å²) in [6.07, 6.45) is 0. The van der Waals surface area contributed by atoms with Crippen LogP contribution < -0.4 is 0 Å². The van der Waals surface area contributed by atoms with Crippen molar-refractivity contribution in [3.8, 4) is 5.69 Å². The fourth-order valence-corrected chi connectivity index (χ4v) is 3.08. The van der Waals surface area contributed by atoms with Crippen LogP contribution in [0.25, 0.3) is 16.7 Å². The molecule has 6 heteroatoms. The molecule has 0 radical (unpaired) electrons. The Labute approximate surface area is 133 Å². The van der Waals surface area contributed by atoms with Crippen molar-refractivity contribution in [1.82, 2.24) is 9.55 Å². The number of benzene rings is 2. The highest BCUT2D eigenvalue weighted by Crippen LogP contribution is 2.28. The van der Waals surface area contributed by atoms with E-state index in [2.05, 4.69) is 20.9 Å². The highest BCUT2D eigenvalue weighted by molar-refractivity contribution is 9.10. The van der Waals surface area contributed by atoms with Crippen LogP contribution in [0.15, 0.2) is 58.2 Å². The van der Waals surface area contributed by atoms with E-state index in [-0.39, 0.29) is 5.75 Å². The van der Waals surface area contributed by atoms with E-state index in [1.54, 1.807) is 0 Å². The first-order valence-corrected chi connectivity index (χ1v) is 8.01. The van der Waals surface area contributed by atoms with Crippen molar-refractivity contribution >= 4 is 44.7 Å². The molecule has 0 fully saturated rings. The maximum atomic E-state index is 10.8. The van der Waals surface area contributed by atoms with E-state index in [0.29, 0.717) is 5.16 Å². The molecule has 0 atom stereocenters. The molecular formula is C15H11BrN2O2S. The molecule has 106 valence electrons. The molecule has 4 nitrogen and oxygen atoms in total. The lowest BCUT2D eigenvalue weighted by molar-refractivity contribution is -0.133. The van der Waals surface area contributed by atoms with Crippen molar-refractivity contribution in [2.45, 2.75) is 5.16 Å². The Kier molecular flexibility index (Phi) is 3.98. The normalized spacial score (nSPS) is 10.9. The van der Waals surface area contributed by atoms with Gasteiger partial charge in [-0.25, -0.2) is 4.98 Å². The maximum Gasteiger partial charge on any atom is 0.313 e. The molecule has 0 bridgehead atoms. The van der Waals surface area contributed by atoms with Crippen LogP contribution in [0.1, 0.15) is 0 Å². The number of carboxylic acid groups (broad SMARTS) is 1. The van der Waals surface area contributed by atoms with Gasteiger partial charge in [0, 0.05) is 10.2 Å². The van der Waals surface area contributed by atoms with Crippen LogP contribution >= 0.6 is 27.7 Å². The van der Waals surface area contributed by atoms with Crippen LogP contribution in [-0.2, 0) is 4.79 Å². The van der Waals surface area contributed by atoms with E-state index < -0.39 is 5.97 Å². The average Bonchev–Trinajstić information content (AvgIpc) is 2.84. The quantitative estimate of drug-likeness (QED) is 0.713. The van der Waals surface area contributed by atoms with Crippen molar-refractivity contribution in [1.29, 1.82) is 0 Å². The summed E-state index contributed by atoms with van der Waals surface area (Å²) in [7, 11) is 0. The van der Waals surface area contributed by atoms with Crippen molar-refractivity contribution in [3.05, 3.63) is 53.0 Å². The smallest absolute Gasteiger partial charge is 0.313 e. The zero-order valence-corrected chi connectivity index (χ0v) is 13.3. The van der Waals surface area contributed by atoms with Crippen LogP contribution in [-0.4, -0.2) is 26.4 Å². The van der Waals surface area contributed by atoms with Gasteiger partial charge in [-0.2, -0.15) is 0 Å². The molecule has 3 aromatic rings. The van der Waals surface area contributed by atoms with Gasteiger partial charge in [-0.15, -0.1) is 0 Å². The van der Waals surface area contributed by atoms with Gasteiger partial charge in [-0.1, -0.05) is 39.8 Å². The number of rotatable bonds is 4. The summed E-state index contributed by atoms with van der Waals surface area (Å²) in [5.74, 6) is -0.866. The summed E-state index contributed by atoms with van der Waals surface area (Å²) in [5, 5.41) is 9.56. The largest absolute Gasteiger partial charge is 0.481 e. The van der Waals surface area contributed by atoms with Crippen LogP contribution in [0, 0.1) is 0 Å². The predicted octanol–water partition coefficient (Wildman–Crippen LogP) is 3.96. The third kappa shape index (κ3) is 2.96. The first-order valence-electron chi connectivity index (χ1n) is 6.23. The van der Waals surface area contributed by atoms with Gasteiger partial charge in [-0.3, -0.25) is 9.36 Å². The van der Waals surface area contributed by atoms with Gasteiger partial charge in [0.2, 0.25) is 0 Å². The van der Waals surface area contributed by atoms with Gasteiger partial charge >= 0.3 is 5.97 Å². The van der Waals surface area contributed by atoms with Gasteiger partial charge in [0.15, 0.2) is 5.16 Å². The summed E-state index contributed by atoms with van der Waals surface area (Å²) in [4.78, 5) is 15.4. The molecule has 21 heavy (non-hydrogen) atoms. The lowest BCUT2D eigenvalue weighted by Gasteiger charge is -2.08. The fourth-order valence-electron chi connectivity index (χ4n) is 2.07. The molecule has 0 aliphatic heterocycles. The predicted molar refractivity (Wildman–Crippen MR) is 87.1 cm³/mol. The third-order valence-corrected chi connectivity index (χ3v) is 4.39. The SMILES string of the molecule is O=C(O)CSc1nc2ccccc2n1-c1ccc(Br)cc1. The number of carboxylic acids is 1. The highest BCUT2D eigenvalue weighted by Gasteiger charge is 2.13. The number of imidazole rings is 1. The van der Waals surface area contributed by atoms with E-state index in [4.69, 9.17) is 5.11 Å². The molecule has 1 N–H and O–H groups in total. The molecule has 0 unspecified atom stereocenters. The van der Waals surface area contributed by atoms with E-state index in [1.807, 2.05) is 53.1 Å². The summed E-state index contributed by atoms with van der Waals surface area (Å²) in [6, 6.07) is 15.6. The number of aliphatic carboxylic acids is 1. The molecule has 2 aromatic carbocycles. The number of aromatic nitrogens is 2. The average molecular weight is 363 g/mol. The monoisotopic (exact) mass is 362 g/mol. The molecule has 0 aliphatic rings. The summed E-state index contributed by atoms with van der Waals surface area (Å²) in [6.45, 7) is 0. The van der Waals surface area contributed by atoms with E-state index in [9.17, 15) is 4.79 Å². The minimum atomic E-state index is -0.852. The van der Waals surface area contributed by atoms with Gasteiger partial charge in [0.1, 0.15) is 0 Å². The molecular weight excluding hydrogens is 352 g/mol. The number of nitrogens with zero attached hydrogens (tertiary/aromatic N) is 2. The second-order valence-electron chi connectivity index (χ2n) is 4.38. The van der Waals surface area contributed by atoms with Crippen LogP contribution in [0.4, 0.5) is 0 Å². The zero-order chi connectivity index (χ0) is 14.8. The number of para-hydroxylation sites is 2. The summed E-state index contributed by atoms with van der Waals surface area (Å²) < 4.78 is 2.98. The lowest BCUT2D eigenvalue weighted by Crippen LogP contribution is -2.01. The molecule has 0 saturated carbocycles. The first kappa shape index (κ1) is 14.2. The van der Waals surface area contributed by atoms with E-state index >= 15 is 0 Å². The molecule has 1 aromatic heterocycles. The fraction of sp³-hybridized carbons (Fsp3) is 0.0667. The van der Waals surface area contributed by atoms with Gasteiger partial charge in [0.05, 0.1) is 16.8 Å². The molecule has 0 spiro atoms. The standard InChI is InChI=1S/C15H11BrN2O2S/c16-10-5-7-11(8-6-10)18-13-4-2-1-3-12(13)17-15(18)21-9-14(19)20/h1-8H,9H2,(H,19,20). The topological polar surface area (TPSA) is 55.1 Å². The van der Waals surface area contributed by atoms with Crippen molar-refractivity contribution in [2.75, 3.05) is 5.75 Å². The Morgan fingerprint density at radius 1 is 1.19 bits per heavy atom. The molecule has 0 aliphatic carbocycles. The zero-order valence-electron chi connectivity index (χ0n) is 10.9. The summed E-state index contributed by atoms with van der Waals surface area (Å²) >= 11 is 4.64. The minimum Gasteiger partial charge on any atom is -0.481 e. The van der Waals surface area contributed by atoms with Gasteiger partial charge in [0.25, 0.3) is 0 Å². The van der Waals surface area contributed by atoms with Gasteiger partial charge < -0.3 is 5.11 Å². The van der Waals surface area contributed by atoms with Gasteiger partial charge in [-0.05, 0) is 36.4 Å². The number of hydrogen-bond acceptors (Lipinski definition) is 3. The Bertz CT molecular complexity index is 799. The second kappa shape index (κ2) is 5.91. The number of fused-ring (bicyclic) bond motifs is 1. The number of carbonyl (C=O) groups is 1. The van der Waals surface area contributed by atoms with E-state index in [0.717, 1.165) is 21.2 Å². The number of halogens is 1. The Morgan fingerprint density at radius 3 is 2.62 bits per heavy atom. The Balaban J connectivity index is 2.15. The second-order valence-corrected chi connectivity index (χ2v) is 6.24. The third-order valence-electron chi connectivity index (χ3n) is 2.94. The first-order chi connectivity index (χ1) is 10.1. The van der Waals surface area contributed by atoms with Crippen molar-refractivity contribution in [3.63, 3.8) is 0 Å².